The van der Waals surface area contributed by atoms with Crippen molar-refractivity contribution in [1.29, 1.82) is 0 Å². The van der Waals surface area contributed by atoms with Gasteiger partial charge in [-0.05, 0) is 25.3 Å². The van der Waals surface area contributed by atoms with E-state index in [9.17, 15) is 4.79 Å². The highest BCUT2D eigenvalue weighted by molar-refractivity contribution is 5.80. The van der Waals surface area contributed by atoms with Crippen LogP contribution in [0.2, 0.25) is 0 Å². The van der Waals surface area contributed by atoms with Gasteiger partial charge in [0.2, 0.25) is 5.91 Å². The van der Waals surface area contributed by atoms with Gasteiger partial charge in [-0.1, -0.05) is 26.2 Å². The molecule has 3 N–H and O–H groups in total. The van der Waals surface area contributed by atoms with Crippen LogP contribution < -0.4 is 11.1 Å². The van der Waals surface area contributed by atoms with Crippen molar-refractivity contribution >= 4 is 5.91 Å². The zero-order valence-electron chi connectivity index (χ0n) is 8.38. The summed E-state index contributed by atoms with van der Waals surface area (Å²) in [4.78, 5) is 11.1. The second-order valence-corrected chi connectivity index (χ2v) is 3.84. The lowest BCUT2D eigenvalue weighted by atomic mass is 9.83. The van der Waals surface area contributed by atoms with E-state index in [-0.39, 0.29) is 11.9 Å². The molecule has 0 bridgehead atoms. The number of carbonyl (C=O) groups excluding carboxylic acids is 1. The molecule has 3 heteroatoms. The second-order valence-electron chi connectivity index (χ2n) is 3.84. The molecule has 1 rings (SSSR count). The lowest BCUT2D eigenvalue weighted by Gasteiger charge is -2.28. The zero-order chi connectivity index (χ0) is 9.68. The first kappa shape index (κ1) is 10.5. The Morgan fingerprint density at radius 3 is 2.54 bits per heavy atom. The van der Waals surface area contributed by atoms with Crippen molar-refractivity contribution in [2.24, 2.45) is 11.7 Å². The van der Waals surface area contributed by atoms with Gasteiger partial charge in [-0.2, -0.15) is 0 Å². The minimum atomic E-state index is -0.186. The molecule has 0 saturated heterocycles. The maximum atomic E-state index is 11.1. The van der Waals surface area contributed by atoms with E-state index in [1.54, 1.807) is 0 Å². The van der Waals surface area contributed by atoms with Crippen LogP contribution in [0.4, 0.5) is 0 Å². The Balaban J connectivity index is 2.46. The number of likely N-dealkylation sites (N-methyl/N-ethyl adjacent to an activating group) is 1. The fourth-order valence-electron chi connectivity index (χ4n) is 2.19. The fraction of sp³-hybridized carbons (Fsp3) is 0.900. The molecule has 0 aromatic heterocycles. The van der Waals surface area contributed by atoms with Crippen LogP contribution in [0.5, 0.6) is 0 Å². The number of hydrogen-bond acceptors (Lipinski definition) is 2. The van der Waals surface area contributed by atoms with Gasteiger partial charge >= 0.3 is 0 Å². The van der Waals surface area contributed by atoms with Gasteiger partial charge in [-0.3, -0.25) is 4.79 Å². The molecule has 0 radical (unpaired) electrons. The lowest BCUT2D eigenvalue weighted by Crippen LogP contribution is -2.47. The first-order valence-corrected chi connectivity index (χ1v) is 5.28. The molecule has 1 fully saturated rings. The minimum absolute atomic E-state index is 0.0923. The average Bonchev–Trinajstić information content (AvgIpc) is 2.15. The van der Waals surface area contributed by atoms with Crippen LogP contribution in [-0.2, 0) is 4.79 Å². The van der Waals surface area contributed by atoms with Crippen LogP contribution in [0, 0.1) is 5.92 Å². The molecule has 1 atom stereocenters. The number of hydrogen-bond donors (Lipinski definition) is 2. The van der Waals surface area contributed by atoms with E-state index in [0.717, 1.165) is 19.4 Å². The van der Waals surface area contributed by atoms with Gasteiger partial charge in [0.25, 0.3) is 0 Å². The first-order chi connectivity index (χ1) is 6.25. The Hall–Kier alpha value is -0.570. The molecule has 1 aliphatic rings. The van der Waals surface area contributed by atoms with Crippen LogP contribution in [-0.4, -0.2) is 18.5 Å². The van der Waals surface area contributed by atoms with E-state index < -0.39 is 0 Å². The summed E-state index contributed by atoms with van der Waals surface area (Å²) >= 11 is 0. The van der Waals surface area contributed by atoms with E-state index in [0.29, 0.717) is 5.92 Å². The molecule has 1 amide bonds. The predicted molar refractivity (Wildman–Crippen MR) is 53.2 cm³/mol. The van der Waals surface area contributed by atoms with Crippen LogP contribution >= 0.6 is 0 Å². The zero-order valence-corrected chi connectivity index (χ0v) is 8.38. The van der Waals surface area contributed by atoms with Gasteiger partial charge in [0.05, 0.1) is 6.04 Å². The maximum Gasteiger partial charge on any atom is 0.234 e. The van der Waals surface area contributed by atoms with Gasteiger partial charge in [-0.15, -0.1) is 0 Å². The summed E-state index contributed by atoms with van der Waals surface area (Å²) in [5, 5.41) is 3.18. The second kappa shape index (κ2) is 5.22. The average molecular weight is 184 g/mol. The molecule has 76 valence electrons. The Labute approximate surface area is 80.1 Å². The van der Waals surface area contributed by atoms with Gasteiger partial charge in [0.1, 0.15) is 0 Å². The molecule has 1 aliphatic carbocycles. The summed E-state index contributed by atoms with van der Waals surface area (Å²) in [6.45, 7) is 2.84. The number of primary amides is 1. The summed E-state index contributed by atoms with van der Waals surface area (Å²) in [6, 6.07) is -0.0923. The molecule has 0 aromatic rings. The van der Waals surface area contributed by atoms with E-state index in [1.807, 2.05) is 6.92 Å². The quantitative estimate of drug-likeness (QED) is 0.685. The number of nitrogens with one attached hydrogen (secondary N) is 1. The molecule has 0 aromatic carbocycles. The predicted octanol–water partition coefficient (Wildman–Crippen LogP) is 1.03. The highest BCUT2D eigenvalue weighted by atomic mass is 16.1. The van der Waals surface area contributed by atoms with Crippen molar-refractivity contribution in [3.05, 3.63) is 0 Å². The van der Waals surface area contributed by atoms with Crippen LogP contribution in [0.15, 0.2) is 0 Å². The fourth-order valence-corrected chi connectivity index (χ4v) is 2.19. The third-order valence-corrected chi connectivity index (χ3v) is 2.85. The van der Waals surface area contributed by atoms with Crippen molar-refractivity contribution in [1.82, 2.24) is 5.32 Å². The third-order valence-electron chi connectivity index (χ3n) is 2.85. The summed E-state index contributed by atoms with van der Waals surface area (Å²) in [7, 11) is 0. The number of carbonyl (C=O) groups is 1. The van der Waals surface area contributed by atoms with Gasteiger partial charge in [-0.25, -0.2) is 0 Å². The SMILES string of the molecule is CCNC(C(N)=O)C1CCCCC1. The summed E-state index contributed by atoms with van der Waals surface area (Å²) in [5.41, 5.74) is 5.35. The standard InChI is InChI=1S/C10H20N2O/c1-2-12-9(10(11)13)8-6-4-3-5-7-8/h8-9,12H,2-7H2,1H3,(H2,11,13). The topological polar surface area (TPSA) is 55.1 Å². The number of amides is 1. The van der Waals surface area contributed by atoms with Gasteiger partial charge in [0, 0.05) is 0 Å². The van der Waals surface area contributed by atoms with E-state index in [2.05, 4.69) is 5.32 Å². The molecule has 0 spiro atoms. The van der Waals surface area contributed by atoms with Gasteiger partial charge < -0.3 is 11.1 Å². The lowest BCUT2D eigenvalue weighted by molar-refractivity contribution is -0.121. The molecular weight excluding hydrogens is 164 g/mol. The van der Waals surface area contributed by atoms with Crippen molar-refractivity contribution in [2.75, 3.05) is 6.54 Å². The van der Waals surface area contributed by atoms with Crippen molar-refractivity contribution in [3.8, 4) is 0 Å². The molecule has 0 aliphatic heterocycles. The Kier molecular flexibility index (Phi) is 4.22. The molecule has 1 unspecified atom stereocenters. The van der Waals surface area contributed by atoms with Crippen molar-refractivity contribution in [3.63, 3.8) is 0 Å². The normalized spacial score (nSPS) is 21.3. The van der Waals surface area contributed by atoms with E-state index in [1.165, 1.54) is 19.3 Å². The van der Waals surface area contributed by atoms with Crippen LogP contribution in [0.1, 0.15) is 39.0 Å². The Morgan fingerprint density at radius 1 is 1.46 bits per heavy atom. The third kappa shape index (κ3) is 2.99. The minimum Gasteiger partial charge on any atom is -0.368 e. The number of rotatable bonds is 4. The summed E-state index contributed by atoms with van der Waals surface area (Å²) in [5.74, 6) is 0.292. The van der Waals surface area contributed by atoms with E-state index >= 15 is 0 Å². The molecule has 3 nitrogen and oxygen atoms in total. The highest BCUT2D eigenvalue weighted by Gasteiger charge is 2.26. The molecule has 0 heterocycles. The van der Waals surface area contributed by atoms with Crippen molar-refractivity contribution < 1.29 is 4.79 Å². The molecular formula is C10H20N2O. The molecule has 1 saturated carbocycles. The highest BCUT2D eigenvalue weighted by Crippen LogP contribution is 2.26. The number of nitrogens with two attached hydrogens (primary N) is 1. The summed E-state index contributed by atoms with van der Waals surface area (Å²) in [6.07, 6.45) is 6.12. The van der Waals surface area contributed by atoms with E-state index in [4.69, 9.17) is 5.73 Å². The van der Waals surface area contributed by atoms with Crippen molar-refractivity contribution in [2.45, 2.75) is 45.1 Å². The van der Waals surface area contributed by atoms with Crippen LogP contribution in [0.3, 0.4) is 0 Å². The Morgan fingerprint density at radius 2 is 2.08 bits per heavy atom. The smallest absolute Gasteiger partial charge is 0.234 e. The Bertz CT molecular complexity index is 164. The largest absolute Gasteiger partial charge is 0.368 e. The first-order valence-electron chi connectivity index (χ1n) is 5.28. The van der Waals surface area contributed by atoms with Gasteiger partial charge in [0.15, 0.2) is 0 Å². The molecule has 13 heavy (non-hydrogen) atoms. The summed E-state index contributed by atoms with van der Waals surface area (Å²) < 4.78 is 0. The van der Waals surface area contributed by atoms with Crippen LogP contribution in [0.25, 0.3) is 0 Å². The monoisotopic (exact) mass is 184 g/mol. The maximum absolute atomic E-state index is 11.1.